The van der Waals surface area contributed by atoms with Gasteiger partial charge >= 0.3 is 6.01 Å². The van der Waals surface area contributed by atoms with Gasteiger partial charge in [-0.15, -0.1) is 5.10 Å². The van der Waals surface area contributed by atoms with E-state index in [-0.39, 0.29) is 22.4 Å². The standard InChI is InChI=1S/C25H32N4O6S/c1-5-7-15-29(16-8-6-2)36(31,32)20-12-9-18(10-13-20)23(30)26-25-28-27-24(35-25)21-17-19(33-3)11-14-22(21)34-4/h9-14,17H,5-8,15-16H2,1-4H3,(H,26,28,30). The van der Waals surface area contributed by atoms with Crippen molar-refractivity contribution in [2.45, 2.75) is 44.4 Å². The van der Waals surface area contributed by atoms with Crippen LogP contribution in [-0.2, 0) is 10.0 Å². The number of carbonyl (C=O) groups excluding carboxylic acids is 1. The van der Waals surface area contributed by atoms with Gasteiger partial charge in [-0.2, -0.15) is 4.31 Å². The van der Waals surface area contributed by atoms with Crippen molar-refractivity contribution in [2.24, 2.45) is 0 Å². The number of methoxy groups -OCH3 is 2. The Labute approximate surface area is 211 Å². The van der Waals surface area contributed by atoms with E-state index in [1.54, 1.807) is 18.2 Å². The molecule has 0 radical (unpaired) electrons. The molecule has 1 N–H and O–H groups in total. The summed E-state index contributed by atoms with van der Waals surface area (Å²) in [6.45, 7) is 4.99. The van der Waals surface area contributed by atoms with Gasteiger partial charge in [0.15, 0.2) is 0 Å². The lowest BCUT2D eigenvalue weighted by molar-refractivity contribution is 0.102. The first-order valence-corrected chi connectivity index (χ1v) is 13.3. The molecule has 1 aromatic heterocycles. The van der Waals surface area contributed by atoms with Crippen LogP contribution in [0.2, 0.25) is 0 Å². The van der Waals surface area contributed by atoms with Crippen LogP contribution in [0.25, 0.3) is 11.5 Å². The summed E-state index contributed by atoms with van der Waals surface area (Å²) in [5, 5.41) is 10.4. The molecule has 0 saturated carbocycles. The molecule has 10 nitrogen and oxygen atoms in total. The Morgan fingerprint density at radius 1 is 0.972 bits per heavy atom. The predicted octanol–water partition coefficient (Wildman–Crippen LogP) is 4.60. The van der Waals surface area contributed by atoms with E-state index >= 15 is 0 Å². The van der Waals surface area contributed by atoms with E-state index in [0.29, 0.717) is 30.2 Å². The Morgan fingerprint density at radius 2 is 1.64 bits per heavy atom. The third kappa shape index (κ3) is 6.41. The van der Waals surface area contributed by atoms with Gasteiger partial charge in [-0.05, 0) is 55.3 Å². The van der Waals surface area contributed by atoms with E-state index in [9.17, 15) is 13.2 Å². The molecule has 1 heterocycles. The SMILES string of the molecule is CCCCN(CCCC)S(=O)(=O)c1ccc(C(=O)Nc2nnc(-c3cc(OC)ccc3OC)o2)cc1. The van der Waals surface area contributed by atoms with E-state index in [1.807, 2.05) is 13.8 Å². The van der Waals surface area contributed by atoms with Crippen LogP contribution in [-0.4, -0.2) is 56.1 Å². The number of aromatic nitrogens is 2. The molecule has 11 heteroatoms. The third-order valence-electron chi connectivity index (χ3n) is 5.56. The normalized spacial score (nSPS) is 11.5. The van der Waals surface area contributed by atoms with Gasteiger partial charge in [-0.25, -0.2) is 8.42 Å². The molecule has 0 spiro atoms. The van der Waals surface area contributed by atoms with E-state index in [2.05, 4.69) is 15.5 Å². The van der Waals surface area contributed by atoms with Gasteiger partial charge in [0, 0.05) is 18.7 Å². The molecule has 194 valence electrons. The lowest BCUT2D eigenvalue weighted by Gasteiger charge is -2.22. The van der Waals surface area contributed by atoms with Crippen LogP contribution >= 0.6 is 0 Å². The van der Waals surface area contributed by atoms with Crippen molar-refractivity contribution in [3.63, 3.8) is 0 Å². The zero-order valence-electron chi connectivity index (χ0n) is 21.0. The Hall–Kier alpha value is -3.44. The van der Waals surface area contributed by atoms with E-state index in [0.717, 1.165) is 25.7 Å². The van der Waals surface area contributed by atoms with E-state index in [4.69, 9.17) is 13.9 Å². The number of hydrogen-bond donors (Lipinski definition) is 1. The Bertz CT molecular complexity index is 1250. The number of carbonyl (C=O) groups is 1. The van der Waals surface area contributed by atoms with Crippen LogP contribution in [0.15, 0.2) is 51.8 Å². The van der Waals surface area contributed by atoms with Crippen molar-refractivity contribution >= 4 is 21.9 Å². The van der Waals surface area contributed by atoms with Crippen LogP contribution in [0.3, 0.4) is 0 Å². The maximum absolute atomic E-state index is 13.1. The number of sulfonamides is 1. The van der Waals surface area contributed by atoms with Crippen LogP contribution < -0.4 is 14.8 Å². The molecule has 0 atom stereocenters. The molecule has 0 bridgehead atoms. The minimum atomic E-state index is -3.65. The van der Waals surface area contributed by atoms with Crippen molar-refractivity contribution in [3.05, 3.63) is 48.0 Å². The predicted molar refractivity (Wildman–Crippen MR) is 136 cm³/mol. The molecule has 0 saturated heterocycles. The second-order valence-electron chi connectivity index (χ2n) is 8.07. The van der Waals surface area contributed by atoms with Gasteiger partial charge in [0.25, 0.3) is 11.8 Å². The highest BCUT2D eigenvalue weighted by molar-refractivity contribution is 7.89. The molecule has 1 amide bonds. The lowest BCUT2D eigenvalue weighted by Crippen LogP contribution is -2.33. The number of hydrogen-bond acceptors (Lipinski definition) is 8. The Kier molecular flexibility index (Phi) is 9.43. The number of benzene rings is 2. The highest BCUT2D eigenvalue weighted by Gasteiger charge is 2.24. The van der Waals surface area contributed by atoms with E-state index < -0.39 is 15.9 Å². The zero-order valence-corrected chi connectivity index (χ0v) is 21.8. The summed E-state index contributed by atoms with van der Waals surface area (Å²) in [7, 11) is -0.596. The van der Waals surface area contributed by atoms with Crippen molar-refractivity contribution in [1.82, 2.24) is 14.5 Å². The average molecular weight is 517 g/mol. The highest BCUT2D eigenvalue weighted by atomic mass is 32.2. The first-order valence-electron chi connectivity index (χ1n) is 11.8. The quantitative estimate of drug-likeness (QED) is 0.350. The maximum atomic E-state index is 13.1. The van der Waals surface area contributed by atoms with Crippen molar-refractivity contribution in [3.8, 4) is 23.0 Å². The fourth-order valence-corrected chi connectivity index (χ4v) is 5.00. The highest BCUT2D eigenvalue weighted by Crippen LogP contribution is 2.33. The fraction of sp³-hybridized carbons (Fsp3) is 0.400. The third-order valence-corrected chi connectivity index (χ3v) is 7.47. The largest absolute Gasteiger partial charge is 0.497 e. The van der Waals surface area contributed by atoms with Gasteiger partial charge in [0.2, 0.25) is 10.0 Å². The van der Waals surface area contributed by atoms with Crippen LogP contribution in [0.4, 0.5) is 6.01 Å². The van der Waals surface area contributed by atoms with E-state index in [1.165, 1.54) is 42.8 Å². The monoisotopic (exact) mass is 516 g/mol. The molecule has 3 aromatic rings. The summed E-state index contributed by atoms with van der Waals surface area (Å²) in [5.74, 6) is 0.705. The zero-order chi connectivity index (χ0) is 26.1. The summed E-state index contributed by atoms with van der Waals surface area (Å²) in [6.07, 6.45) is 3.38. The second-order valence-corrected chi connectivity index (χ2v) is 10.0. The molecule has 3 rings (SSSR count). The summed E-state index contributed by atoms with van der Waals surface area (Å²) >= 11 is 0. The summed E-state index contributed by atoms with van der Waals surface area (Å²) in [5.41, 5.74) is 0.761. The smallest absolute Gasteiger partial charge is 0.322 e. The molecule has 2 aromatic carbocycles. The maximum Gasteiger partial charge on any atom is 0.322 e. The number of amides is 1. The molecule has 0 aliphatic carbocycles. The number of unbranched alkanes of at least 4 members (excludes halogenated alkanes) is 2. The van der Waals surface area contributed by atoms with Gasteiger partial charge in [-0.1, -0.05) is 31.8 Å². The number of anilines is 1. The number of ether oxygens (including phenoxy) is 2. The van der Waals surface area contributed by atoms with Gasteiger partial charge < -0.3 is 13.9 Å². The molecule has 0 aliphatic heterocycles. The summed E-state index contributed by atoms with van der Waals surface area (Å²) < 4.78 is 43.9. The summed E-state index contributed by atoms with van der Waals surface area (Å²) in [4.78, 5) is 12.9. The van der Waals surface area contributed by atoms with Gasteiger partial charge in [0.1, 0.15) is 11.5 Å². The Morgan fingerprint density at radius 3 is 2.22 bits per heavy atom. The van der Waals surface area contributed by atoms with Crippen LogP contribution in [0, 0.1) is 0 Å². The lowest BCUT2D eigenvalue weighted by atomic mass is 10.2. The number of nitrogens with zero attached hydrogens (tertiary/aromatic N) is 3. The van der Waals surface area contributed by atoms with Gasteiger partial charge in [0.05, 0.1) is 24.7 Å². The average Bonchev–Trinajstić information content (AvgIpc) is 3.36. The minimum Gasteiger partial charge on any atom is -0.497 e. The van der Waals surface area contributed by atoms with Crippen molar-refractivity contribution < 1.29 is 27.1 Å². The fourth-order valence-electron chi connectivity index (χ4n) is 3.48. The first-order chi connectivity index (χ1) is 17.3. The van der Waals surface area contributed by atoms with Crippen molar-refractivity contribution in [2.75, 3.05) is 32.6 Å². The van der Waals surface area contributed by atoms with Crippen LogP contribution in [0.1, 0.15) is 49.9 Å². The summed E-state index contributed by atoms with van der Waals surface area (Å²) in [6, 6.07) is 10.8. The first kappa shape index (κ1) is 27.2. The topological polar surface area (TPSA) is 124 Å². The number of rotatable bonds is 13. The molecule has 0 fully saturated rings. The molecule has 0 aliphatic rings. The number of nitrogens with one attached hydrogen (secondary N) is 1. The van der Waals surface area contributed by atoms with Gasteiger partial charge in [-0.3, -0.25) is 10.1 Å². The minimum absolute atomic E-state index is 0.109. The Balaban J connectivity index is 1.74. The molecule has 36 heavy (non-hydrogen) atoms. The molecule has 0 unspecified atom stereocenters. The second kappa shape index (κ2) is 12.5. The van der Waals surface area contributed by atoms with Crippen LogP contribution in [0.5, 0.6) is 11.5 Å². The molecular weight excluding hydrogens is 484 g/mol. The molecular formula is C25H32N4O6S. The van der Waals surface area contributed by atoms with Crippen molar-refractivity contribution in [1.29, 1.82) is 0 Å².